The first kappa shape index (κ1) is 13.6. The van der Waals surface area contributed by atoms with Crippen LogP contribution in [-0.2, 0) is 10.3 Å². The number of carbonyl (C=O) groups is 1. The van der Waals surface area contributed by atoms with Gasteiger partial charge in [0.25, 0.3) is 0 Å². The number of hydrogen-bond acceptors (Lipinski definition) is 5. The molecule has 2 rings (SSSR count). The van der Waals surface area contributed by atoms with Gasteiger partial charge in [-0.05, 0) is 26.8 Å². The maximum Gasteiger partial charge on any atom is 0.410 e. The summed E-state index contributed by atoms with van der Waals surface area (Å²) in [7, 11) is 0. The average Bonchev–Trinajstić information content (AvgIpc) is 2.23. The second kappa shape index (κ2) is 4.38. The molecule has 0 atom stereocenters. The predicted octanol–water partition coefficient (Wildman–Crippen LogP) is 1.10. The largest absolute Gasteiger partial charge is 0.444 e. The molecule has 0 saturated carbocycles. The highest BCUT2D eigenvalue weighted by Crippen LogP contribution is 2.34. The van der Waals surface area contributed by atoms with Crippen LogP contribution in [0.5, 0.6) is 0 Å². The molecule has 6 heteroatoms. The van der Waals surface area contributed by atoms with Crippen LogP contribution in [0.25, 0.3) is 0 Å². The molecule has 1 aliphatic rings. The van der Waals surface area contributed by atoms with Gasteiger partial charge < -0.3 is 20.5 Å². The van der Waals surface area contributed by atoms with Crippen LogP contribution >= 0.6 is 0 Å². The lowest BCUT2D eigenvalue weighted by atomic mass is 9.87. The van der Waals surface area contributed by atoms with Gasteiger partial charge in [-0.15, -0.1) is 0 Å². The van der Waals surface area contributed by atoms with E-state index in [1.165, 1.54) is 4.90 Å². The minimum atomic E-state index is -1.13. The van der Waals surface area contributed by atoms with Gasteiger partial charge >= 0.3 is 6.09 Å². The third-order valence-electron chi connectivity index (χ3n) is 2.90. The molecule has 19 heavy (non-hydrogen) atoms. The zero-order valence-corrected chi connectivity index (χ0v) is 11.4. The summed E-state index contributed by atoms with van der Waals surface area (Å²) in [6, 6.07) is 3.43. The molecule has 104 valence electrons. The lowest BCUT2D eigenvalue weighted by molar-refractivity contribution is -0.103. The number of hydrogen-bond donors (Lipinski definition) is 2. The Morgan fingerprint density at radius 1 is 1.53 bits per heavy atom. The quantitative estimate of drug-likeness (QED) is 0.793. The molecule has 6 nitrogen and oxygen atoms in total. The van der Waals surface area contributed by atoms with Crippen molar-refractivity contribution in [2.24, 2.45) is 0 Å². The van der Waals surface area contributed by atoms with Gasteiger partial charge in [0.05, 0.1) is 13.1 Å². The van der Waals surface area contributed by atoms with Gasteiger partial charge in [-0.2, -0.15) is 0 Å². The first-order valence-corrected chi connectivity index (χ1v) is 6.12. The van der Waals surface area contributed by atoms with Crippen molar-refractivity contribution >= 4 is 11.9 Å². The van der Waals surface area contributed by atoms with Gasteiger partial charge in [-0.25, -0.2) is 9.78 Å². The molecule has 0 radical (unpaired) electrons. The van der Waals surface area contributed by atoms with Gasteiger partial charge in [-0.1, -0.05) is 6.07 Å². The number of ether oxygens (including phenoxy) is 1. The zero-order valence-electron chi connectivity index (χ0n) is 11.4. The molecule has 1 saturated heterocycles. The van der Waals surface area contributed by atoms with E-state index in [0.29, 0.717) is 5.56 Å². The van der Waals surface area contributed by atoms with Crippen molar-refractivity contribution in [2.45, 2.75) is 32.0 Å². The predicted molar refractivity (Wildman–Crippen MR) is 70.4 cm³/mol. The van der Waals surface area contributed by atoms with Gasteiger partial charge in [0, 0.05) is 11.8 Å². The Kier molecular flexibility index (Phi) is 3.14. The van der Waals surface area contributed by atoms with E-state index >= 15 is 0 Å². The first-order chi connectivity index (χ1) is 8.71. The van der Waals surface area contributed by atoms with Crippen molar-refractivity contribution in [3.63, 3.8) is 0 Å². The third kappa shape index (κ3) is 2.78. The van der Waals surface area contributed by atoms with Crippen LogP contribution in [0.1, 0.15) is 26.3 Å². The van der Waals surface area contributed by atoms with Crippen molar-refractivity contribution < 1.29 is 14.6 Å². The fraction of sp³-hybridized carbons (Fsp3) is 0.538. The zero-order chi connectivity index (χ0) is 14.3. The van der Waals surface area contributed by atoms with Crippen LogP contribution in [0.15, 0.2) is 18.3 Å². The Bertz CT molecular complexity index is 490. The number of nitrogen functional groups attached to an aromatic ring is 1. The molecule has 1 aliphatic heterocycles. The summed E-state index contributed by atoms with van der Waals surface area (Å²) in [5, 5.41) is 10.4. The highest BCUT2D eigenvalue weighted by atomic mass is 16.6. The van der Waals surface area contributed by atoms with Crippen molar-refractivity contribution in [2.75, 3.05) is 18.8 Å². The van der Waals surface area contributed by atoms with Crippen LogP contribution < -0.4 is 5.73 Å². The van der Waals surface area contributed by atoms with Crippen molar-refractivity contribution in [1.29, 1.82) is 0 Å². The number of pyridine rings is 1. The number of aliphatic hydroxyl groups is 1. The summed E-state index contributed by atoms with van der Waals surface area (Å²) in [4.78, 5) is 17.2. The van der Waals surface area contributed by atoms with Crippen LogP contribution in [0.2, 0.25) is 0 Å². The molecular formula is C13H19N3O3. The highest BCUT2D eigenvalue weighted by molar-refractivity contribution is 5.70. The average molecular weight is 265 g/mol. The number of rotatable bonds is 1. The lowest BCUT2D eigenvalue weighted by Gasteiger charge is -2.46. The van der Waals surface area contributed by atoms with E-state index in [1.54, 1.807) is 39.1 Å². The summed E-state index contributed by atoms with van der Waals surface area (Å²) >= 11 is 0. The summed E-state index contributed by atoms with van der Waals surface area (Å²) in [6.45, 7) is 5.73. The van der Waals surface area contributed by atoms with E-state index in [1.807, 2.05) is 0 Å². The molecule has 1 aromatic heterocycles. The summed E-state index contributed by atoms with van der Waals surface area (Å²) in [5.74, 6) is 0.286. The van der Waals surface area contributed by atoms with Crippen molar-refractivity contribution in [3.05, 3.63) is 23.9 Å². The highest BCUT2D eigenvalue weighted by Gasteiger charge is 2.47. The topological polar surface area (TPSA) is 88.7 Å². The third-order valence-corrected chi connectivity index (χ3v) is 2.90. The molecule has 2 heterocycles. The first-order valence-electron chi connectivity index (χ1n) is 6.12. The second-order valence-corrected chi connectivity index (χ2v) is 5.80. The molecular weight excluding hydrogens is 246 g/mol. The Morgan fingerprint density at radius 3 is 2.68 bits per heavy atom. The van der Waals surface area contributed by atoms with Gasteiger partial charge in [0.15, 0.2) is 0 Å². The number of anilines is 1. The molecule has 0 aromatic carbocycles. The minimum Gasteiger partial charge on any atom is -0.444 e. The monoisotopic (exact) mass is 265 g/mol. The van der Waals surface area contributed by atoms with E-state index in [2.05, 4.69) is 4.98 Å². The Labute approximate surface area is 112 Å². The molecule has 0 aliphatic carbocycles. The fourth-order valence-corrected chi connectivity index (χ4v) is 2.02. The Balaban J connectivity index is 2.02. The van der Waals surface area contributed by atoms with Crippen LogP contribution in [-0.4, -0.2) is 39.8 Å². The van der Waals surface area contributed by atoms with E-state index < -0.39 is 17.3 Å². The number of nitrogens with zero attached hydrogens (tertiary/aromatic N) is 2. The number of aromatic nitrogens is 1. The molecule has 1 fully saturated rings. The van der Waals surface area contributed by atoms with Gasteiger partial charge in [0.2, 0.25) is 0 Å². The van der Waals surface area contributed by atoms with Gasteiger partial charge in [0.1, 0.15) is 17.0 Å². The SMILES string of the molecule is CC(C)(C)OC(=O)N1CC(O)(c2cccnc2N)C1. The normalized spacial score (nSPS) is 17.8. The molecule has 1 amide bonds. The summed E-state index contributed by atoms with van der Waals surface area (Å²) < 4.78 is 5.23. The number of likely N-dealkylation sites (tertiary alicyclic amines) is 1. The standard InChI is InChI=1S/C13H19N3O3/c1-12(2,3)19-11(17)16-7-13(18,8-16)9-5-4-6-15-10(9)14/h4-6,18H,7-8H2,1-3H3,(H2,14,15). The lowest BCUT2D eigenvalue weighted by Crippen LogP contribution is -2.62. The van der Waals surface area contributed by atoms with Crippen molar-refractivity contribution in [1.82, 2.24) is 9.88 Å². The number of nitrogens with two attached hydrogens (primary N) is 1. The van der Waals surface area contributed by atoms with E-state index in [-0.39, 0.29) is 18.9 Å². The number of β-amino-alcohol motifs (C(OH)–C–C–N with tert-alkyl or cyclic N) is 1. The smallest absolute Gasteiger partial charge is 0.410 e. The minimum absolute atomic E-state index is 0.164. The van der Waals surface area contributed by atoms with Crippen LogP contribution in [0, 0.1) is 0 Å². The second-order valence-electron chi connectivity index (χ2n) is 5.80. The number of amides is 1. The van der Waals surface area contributed by atoms with Crippen LogP contribution in [0.3, 0.4) is 0 Å². The molecule has 0 bridgehead atoms. The summed E-state index contributed by atoms with van der Waals surface area (Å²) in [5.41, 5.74) is 4.61. The molecule has 0 unspecified atom stereocenters. The van der Waals surface area contributed by atoms with Crippen LogP contribution in [0.4, 0.5) is 10.6 Å². The molecule has 3 N–H and O–H groups in total. The summed E-state index contributed by atoms with van der Waals surface area (Å²) in [6.07, 6.45) is 1.13. The van der Waals surface area contributed by atoms with Gasteiger partial charge in [-0.3, -0.25) is 0 Å². The number of carbonyl (C=O) groups excluding carboxylic acids is 1. The fourth-order valence-electron chi connectivity index (χ4n) is 2.02. The Hall–Kier alpha value is -1.82. The van der Waals surface area contributed by atoms with Crippen molar-refractivity contribution in [3.8, 4) is 0 Å². The van der Waals surface area contributed by atoms with E-state index in [4.69, 9.17) is 10.5 Å². The Morgan fingerprint density at radius 2 is 2.16 bits per heavy atom. The van der Waals surface area contributed by atoms with E-state index in [0.717, 1.165) is 0 Å². The molecule has 0 spiro atoms. The molecule has 1 aromatic rings. The van der Waals surface area contributed by atoms with E-state index in [9.17, 15) is 9.90 Å². The maximum absolute atomic E-state index is 11.8. The maximum atomic E-state index is 11.8.